The van der Waals surface area contributed by atoms with Crippen LogP contribution >= 0.6 is 0 Å². The Morgan fingerprint density at radius 1 is 0.964 bits per heavy atom. The number of halogens is 1. The van der Waals surface area contributed by atoms with E-state index in [1.54, 1.807) is 10.7 Å². The number of likely N-dealkylation sites (N-methyl/N-ethyl adjacent to an activating group) is 1. The van der Waals surface area contributed by atoms with Crippen LogP contribution in [0.3, 0.4) is 0 Å². The second-order valence-corrected chi connectivity index (χ2v) is 7.07. The maximum atomic E-state index is 14.8. The number of hydrogen-bond donors (Lipinski definition) is 0. The molecule has 0 spiro atoms. The summed E-state index contributed by atoms with van der Waals surface area (Å²) >= 11 is 0. The molecule has 1 aliphatic heterocycles. The van der Waals surface area contributed by atoms with Gasteiger partial charge in [0.2, 0.25) is 0 Å². The average Bonchev–Trinajstić information content (AvgIpc) is 3.18. The van der Waals surface area contributed by atoms with Gasteiger partial charge in [-0.05, 0) is 28.6 Å². The van der Waals surface area contributed by atoms with Gasteiger partial charge in [-0.3, -0.25) is 4.90 Å². The van der Waals surface area contributed by atoms with Gasteiger partial charge in [0.25, 0.3) is 0 Å². The molecule has 2 heterocycles. The molecule has 0 bridgehead atoms. The summed E-state index contributed by atoms with van der Waals surface area (Å²) in [7, 11) is 0. The molecule has 7 heteroatoms. The predicted molar refractivity (Wildman–Crippen MR) is 105 cm³/mol. The minimum absolute atomic E-state index is 0.223. The first-order valence-electron chi connectivity index (χ1n) is 9.77. The Balaban J connectivity index is 1.69. The fraction of sp³-hybridized carbons (Fsp3) is 0.381. The van der Waals surface area contributed by atoms with Crippen LogP contribution in [0.15, 0.2) is 54.6 Å². The Bertz CT molecular complexity index is 889. The van der Waals surface area contributed by atoms with E-state index < -0.39 is 0 Å². The van der Waals surface area contributed by atoms with E-state index in [2.05, 4.69) is 32.2 Å². The minimum atomic E-state index is -0.307. The highest BCUT2D eigenvalue weighted by atomic mass is 19.1. The van der Waals surface area contributed by atoms with Crippen LogP contribution in [-0.4, -0.2) is 62.7 Å². The van der Waals surface area contributed by atoms with Gasteiger partial charge >= 0.3 is 0 Å². The van der Waals surface area contributed by atoms with Gasteiger partial charge in [0.15, 0.2) is 5.82 Å². The predicted octanol–water partition coefficient (Wildman–Crippen LogP) is 2.59. The topological polar surface area (TPSA) is 50.1 Å². The van der Waals surface area contributed by atoms with Crippen molar-refractivity contribution < 1.29 is 4.39 Å². The molecule has 0 saturated carbocycles. The number of rotatable bonds is 6. The van der Waals surface area contributed by atoms with Gasteiger partial charge in [-0.1, -0.05) is 55.5 Å². The molecular formula is C21H25FN6. The second kappa shape index (κ2) is 8.58. The van der Waals surface area contributed by atoms with Crippen LogP contribution in [-0.2, 0) is 6.54 Å². The molecule has 4 rings (SSSR count). The van der Waals surface area contributed by atoms with Crippen molar-refractivity contribution in [1.82, 2.24) is 30.0 Å². The van der Waals surface area contributed by atoms with E-state index in [9.17, 15) is 4.39 Å². The smallest absolute Gasteiger partial charge is 0.173 e. The van der Waals surface area contributed by atoms with Gasteiger partial charge in [0.1, 0.15) is 11.9 Å². The minimum Gasteiger partial charge on any atom is -0.301 e. The molecule has 1 aromatic heterocycles. The molecule has 0 unspecified atom stereocenters. The average molecular weight is 380 g/mol. The number of nitrogens with zero attached hydrogens (tertiary/aromatic N) is 6. The summed E-state index contributed by atoms with van der Waals surface area (Å²) in [6.45, 7) is 7.39. The van der Waals surface area contributed by atoms with Crippen LogP contribution in [0.5, 0.6) is 0 Å². The summed E-state index contributed by atoms with van der Waals surface area (Å²) in [4.78, 5) is 4.69. The Morgan fingerprint density at radius 2 is 1.68 bits per heavy atom. The Kier molecular flexibility index (Phi) is 5.73. The van der Waals surface area contributed by atoms with Crippen molar-refractivity contribution in [1.29, 1.82) is 0 Å². The highest BCUT2D eigenvalue weighted by Crippen LogP contribution is 2.30. The lowest BCUT2D eigenvalue weighted by molar-refractivity contribution is 0.107. The zero-order valence-corrected chi connectivity index (χ0v) is 16.1. The van der Waals surface area contributed by atoms with Crippen molar-refractivity contribution in [2.45, 2.75) is 19.5 Å². The molecule has 28 heavy (non-hydrogen) atoms. The highest BCUT2D eigenvalue weighted by molar-refractivity contribution is 5.27. The van der Waals surface area contributed by atoms with Gasteiger partial charge in [0.05, 0.1) is 6.54 Å². The largest absolute Gasteiger partial charge is 0.301 e. The van der Waals surface area contributed by atoms with Crippen LogP contribution in [0, 0.1) is 5.82 Å². The Morgan fingerprint density at radius 3 is 2.39 bits per heavy atom. The molecule has 1 fully saturated rings. The van der Waals surface area contributed by atoms with Crippen LogP contribution in [0.2, 0.25) is 0 Å². The number of aromatic nitrogens is 4. The van der Waals surface area contributed by atoms with Gasteiger partial charge in [-0.2, -0.15) is 0 Å². The first-order chi connectivity index (χ1) is 13.8. The lowest BCUT2D eigenvalue weighted by Gasteiger charge is -2.38. The zero-order valence-electron chi connectivity index (χ0n) is 16.1. The van der Waals surface area contributed by atoms with E-state index >= 15 is 0 Å². The zero-order chi connectivity index (χ0) is 19.3. The van der Waals surface area contributed by atoms with E-state index in [1.807, 2.05) is 42.5 Å². The molecule has 6 nitrogen and oxygen atoms in total. The summed E-state index contributed by atoms with van der Waals surface area (Å²) in [5.41, 5.74) is 1.73. The van der Waals surface area contributed by atoms with E-state index in [4.69, 9.17) is 0 Å². The van der Waals surface area contributed by atoms with E-state index in [0.717, 1.165) is 38.3 Å². The van der Waals surface area contributed by atoms with Crippen molar-refractivity contribution >= 4 is 0 Å². The molecule has 0 radical (unpaired) electrons. The molecule has 146 valence electrons. The van der Waals surface area contributed by atoms with E-state index in [-0.39, 0.29) is 11.9 Å². The van der Waals surface area contributed by atoms with Crippen molar-refractivity contribution in [2.24, 2.45) is 0 Å². The monoisotopic (exact) mass is 380 g/mol. The third-order valence-corrected chi connectivity index (χ3v) is 5.40. The number of hydrogen-bond acceptors (Lipinski definition) is 5. The quantitative estimate of drug-likeness (QED) is 0.658. The molecule has 1 atom stereocenters. The first-order valence-corrected chi connectivity index (χ1v) is 9.77. The maximum absolute atomic E-state index is 14.8. The fourth-order valence-corrected chi connectivity index (χ4v) is 3.81. The van der Waals surface area contributed by atoms with Gasteiger partial charge in [-0.25, -0.2) is 9.07 Å². The number of tetrazole rings is 1. The fourth-order valence-electron chi connectivity index (χ4n) is 3.81. The van der Waals surface area contributed by atoms with Crippen LogP contribution in [0.4, 0.5) is 4.39 Å². The van der Waals surface area contributed by atoms with Crippen LogP contribution in [0.1, 0.15) is 29.9 Å². The molecule has 0 N–H and O–H groups in total. The van der Waals surface area contributed by atoms with Crippen molar-refractivity contribution in [3.05, 3.63) is 77.4 Å². The molecule has 1 saturated heterocycles. The van der Waals surface area contributed by atoms with Crippen molar-refractivity contribution in [3.63, 3.8) is 0 Å². The normalized spacial score (nSPS) is 16.9. The third kappa shape index (κ3) is 3.95. The summed E-state index contributed by atoms with van der Waals surface area (Å²) in [5.74, 6) is 0.457. The Labute approximate surface area is 164 Å². The number of piperazine rings is 1. The molecular weight excluding hydrogens is 355 g/mol. The summed E-state index contributed by atoms with van der Waals surface area (Å²) < 4.78 is 16.6. The third-order valence-electron chi connectivity index (χ3n) is 5.40. The molecule has 1 aliphatic rings. The maximum Gasteiger partial charge on any atom is 0.173 e. The standard InChI is InChI=1S/C21H25FN6/c1-2-26-12-14-27(15-13-26)20(18-10-6-7-11-19(18)22)21-23-24-25-28(21)16-17-8-4-3-5-9-17/h3-11,20H,2,12-16H2,1H3/t20-/m1/s1. The van der Waals surface area contributed by atoms with Crippen molar-refractivity contribution in [2.75, 3.05) is 32.7 Å². The van der Waals surface area contributed by atoms with Crippen LogP contribution in [0.25, 0.3) is 0 Å². The molecule has 3 aromatic rings. The summed E-state index contributed by atoms with van der Waals surface area (Å²) in [6, 6.07) is 16.7. The van der Waals surface area contributed by atoms with Gasteiger partial charge in [0, 0.05) is 31.7 Å². The molecule has 2 aromatic carbocycles. The lowest BCUT2D eigenvalue weighted by Crippen LogP contribution is -2.48. The lowest BCUT2D eigenvalue weighted by atomic mass is 10.0. The van der Waals surface area contributed by atoms with Gasteiger partial charge < -0.3 is 4.90 Å². The first kappa shape index (κ1) is 18.7. The highest BCUT2D eigenvalue weighted by Gasteiger charge is 2.32. The van der Waals surface area contributed by atoms with E-state index in [1.165, 1.54) is 6.07 Å². The Hall–Kier alpha value is -2.64. The van der Waals surface area contributed by atoms with Crippen molar-refractivity contribution in [3.8, 4) is 0 Å². The molecule has 0 amide bonds. The SMILES string of the molecule is CCN1CCN([C@H](c2ccccc2F)c2nnnn2Cc2ccccc2)CC1. The van der Waals surface area contributed by atoms with Gasteiger partial charge in [-0.15, -0.1) is 5.10 Å². The second-order valence-electron chi connectivity index (χ2n) is 7.07. The summed E-state index contributed by atoms with van der Waals surface area (Å²) in [5, 5.41) is 12.5. The van der Waals surface area contributed by atoms with Crippen LogP contribution < -0.4 is 0 Å². The molecule has 0 aliphatic carbocycles. The summed E-state index contributed by atoms with van der Waals surface area (Å²) in [6.07, 6.45) is 0. The van der Waals surface area contributed by atoms with E-state index in [0.29, 0.717) is 17.9 Å². The number of benzene rings is 2.